The molecule has 1 aliphatic heterocycles. The Morgan fingerprint density at radius 1 is 1.71 bits per heavy atom. The summed E-state index contributed by atoms with van der Waals surface area (Å²) >= 11 is 0. The molecule has 0 atom stereocenters. The van der Waals surface area contributed by atoms with Crippen LogP contribution in [0.25, 0.3) is 0 Å². The minimum atomic E-state index is -0.514. The van der Waals surface area contributed by atoms with Crippen molar-refractivity contribution in [2.45, 2.75) is 26.3 Å². The van der Waals surface area contributed by atoms with Crippen molar-refractivity contribution in [1.29, 1.82) is 0 Å². The molecule has 0 bridgehead atoms. The van der Waals surface area contributed by atoms with Gasteiger partial charge in [-0.2, -0.15) is 0 Å². The molecule has 1 amide bonds. The van der Waals surface area contributed by atoms with Crippen molar-refractivity contribution < 1.29 is 4.79 Å². The van der Waals surface area contributed by atoms with Gasteiger partial charge in [-0.15, -0.1) is 0 Å². The van der Waals surface area contributed by atoms with E-state index in [-0.39, 0.29) is 5.69 Å². The predicted molar refractivity (Wildman–Crippen MR) is 52.7 cm³/mol. The number of hydrogen-bond donors (Lipinski definition) is 1. The Labute approximate surface area is 81.7 Å². The van der Waals surface area contributed by atoms with E-state index in [1.165, 1.54) is 0 Å². The molecule has 0 saturated carbocycles. The smallest absolute Gasteiger partial charge is 0.271 e. The molecule has 1 aliphatic rings. The minimum absolute atomic E-state index is 0.274. The molecule has 2 heterocycles. The molecular weight excluding hydrogens is 180 g/mol. The number of aliphatic imine (C=N–C) groups is 1. The summed E-state index contributed by atoms with van der Waals surface area (Å²) in [5.41, 5.74) is 6.53. The van der Waals surface area contributed by atoms with Gasteiger partial charge in [-0.1, -0.05) is 13.3 Å². The molecule has 0 fully saturated rings. The fourth-order valence-electron chi connectivity index (χ4n) is 1.59. The summed E-state index contributed by atoms with van der Waals surface area (Å²) in [5.74, 6) is 0.0983. The Morgan fingerprint density at radius 3 is 3.14 bits per heavy atom. The molecule has 1 aromatic rings. The van der Waals surface area contributed by atoms with Gasteiger partial charge in [0, 0.05) is 5.71 Å². The van der Waals surface area contributed by atoms with E-state index in [0.29, 0.717) is 5.82 Å². The second-order valence-electron chi connectivity index (χ2n) is 3.34. The van der Waals surface area contributed by atoms with E-state index in [2.05, 4.69) is 16.9 Å². The van der Waals surface area contributed by atoms with Crippen LogP contribution >= 0.6 is 0 Å². The zero-order valence-electron chi connectivity index (χ0n) is 8.03. The molecule has 0 saturated heterocycles. The number of hydrogen-bond acceptors (Lipinski definition) is 3. The first-order chi connectivity index (χ1) is 6.72. The van der Waals surface area contributed by atoms with Gasteiger partial charge in [-0.3, -0.25) is 4.79 Å². The first-order valence-corrected chi connectivity index (χ1v) is 4.63. The number of fused-ring (bicyclic) bond motifs is 1. The van der Waals surface area contributed by atoms with Gasteiger partial charge < -0.3 is 10.3 Å². The van der Waals surface area contributed by atoms with Gasteiger partial charge in [0.05, 0.1) is 12.9 Å². The summed E-state index contributed by atoms with van der Waals surface area (Å²) in [6, 6.07) is 0. The van der Waals surface area contributed by atoms with Gasteiger partial charge in [0.2, 0.25) is 0 Å². The molecule has 14 heavy (non-hydrogen) atoms. The van der Waals surface area contributed by atoms with E-state index in [9.17, 15) is 4.79 Å². The minimum Gasteiger partial charge on any atom is -0.364 e. The number of primary amides is 1. The third-order valence-corrected chi connectivity index (χ3v) is 2.20. The lowest BCUT2D eigenvalue weighted by Crippen LogP contribution is -2.11. The fraction of sp³-hybridized carbons (Fsp3) is 0.444. The highest BCUT2D eigenvalue weighted by Gasteiger charge is 2.20. The number of nitrogens with zero attached hydrogens (tertiary/aromatic N) is 3. The molecule has 2 rings (SSSR count). The van der Waals surface area contributed by atoms with Crippen molar-refractivity contribution in [2.24, 2.45) is 10.7 Å². The number of nitrogens with two attached hydrogens (primary N) is 1. The van der Waals surface area contributed by atoms with Gasteiger partial charge in [-0.05, 0) is 6.42 Å². The van der Waals surface area contributed by atoms with Gasteiger partial charge in [-0.25, -0.2) is 9.98 Å². The topological polar surface area (TPSA) is 73.3 Å². The zero-order valence-corrected chi connectivity index (χ0v) is 8.03. The lowest BCUT2D eigenvalue weighted by Gasteiger charge is -1.95. The highest BCUT2D eigenvalue weighted by molar-refractivity contribution is 5.99. The zero-order chi connectivity index (χ0) is 10.1. The Balaban J connectivity index is 2.32. The van der Waals surface area contributed by atoms with Gasteiger partial charge in [0.1, 0.15) is 0 Å². The van der Waals surface area contributed by atoms with Crippen LogP contribution in [0.2, 0.25) is 0 Å². The number of carbonyl (C=O) groups is 1. The van der Waals surface area contributed by atoms with Crippen molar-refractivity contribution >= 4 is 17.4 Å². The van der Waals surface area contributed by atoms with Crippen LogP contribution in [0.5, 0.6) is 0 Å². The maximum Gasteiger partial charge on any atom is 0.271 e. The third kappa shape index (κ3) is 1.30. The standard InChI is InChI=1S/C9H12N4O/c1-2-3-6-4-13-5-11-7(8(10)14)9(13)12-6/h5H,2-4H2,1H3,(H2,10,14). The van der Waals surface area contributed by atoms with E-state index in [0.717, 1.165) is 25.1 Å². The molecule has 74 valence electrons. The Bertz CT molecular complexity index is 405. The second kappa shape index (κ2) is 3.25. The number of imidazole rings is 1. The van der Waals surface area contributed by atoms with Crippen molar-refractivity contribution in [3.8, 4) is 0 Å². The molecule has 0 unspecified atom stereocenters. The summed E-state index contributed by atoms with van der Waals surface area (Å²) in [6.45, 7) is 2.84. The average Bonchev–Trinajstić information content (AvgIpc) is 2.62. The summed E-state index contributed by atoms with van der Waals surface area (Å²) in [5, 5.41) is 0. The van der Waals surface area contributed by atoms with E-state index < -0.39 is 5.91 Å². The van der Waals surface area contributed by atoms with E-state index >= 15 is 0 Å². The number of carbonyl (C=O) groups excluding carboxylic acids is 1. The highest BCUT2D eigenvalue weighted by atomic mass is 16.1. The first-order valence-electron chi connectivity index (χ1n) is 4.63. The normalized spacial score (nSPS) is 13.9. The van der Waals surface area contributed by atoms with Crippen molar-refractivity contribution in [2.75, 3.05) is 0 Å². The first kappa shape index (κ1) is 8.93. The third-order valence-electron chi connectivity index (χ3n) is 2.20. The monoisotopic (exact) mass is 192 g/mol. The lowest BCUT2D eigenvalue weighted by molar-refractivity contribution is 0.0997. The second-order valence-corrected chi connectivity index (χ2v) is 3.34. The molecular formula is C9H12N4O. The summed E-state index contributed by atoms with van der Waals surface area (Å²) in [4.78, 5) is 19.2. The highest BCUT2D eigenvalue weighted by Crippen LogP contribution is 2.24. The van der Waals surface area contributed by atoms with Crippen molar-refractivity contribution in [3.05, 3.63) is 12.0 Å². The van der Waals surface area contributed by atoms with Crippen LogP contribution in [0.3, 0.4) is 0 Å². The van der Waals surface area contributed by atoms with E-state index in [1.54, 1.807) is 6.33 Å². The maximum atomic E-state index is 11.0. The lowest BCUT2D eigenvalue weighted by atomic mass is 10.2. The molecule has 0 aromatic carbocycles. The summed E-state index contributed by atoms with van der Waals surface area (Å²) in [6.07, 6.45) is 3.63. The Kier molecular flexibility index (Phi) is 2.07. The van der Waals surface area contributed by atoms with Crippen molar-refractivity contribution in [3.63, 3.8) is 0 Å². The van der Waals surface area contributed by atoms with Crippen LogP contribution in [0, 0.1) is 0 Å². The molecule has 2 N–H and O–H groups in total. The fourth-order valence-corrected chi connectivity index (χ4v) is 1.59. The van der Waals surface area contributed by atoms with Gasteiger partial charge >= 0.3 is 0 Å². The Hall–Kier alpha value is -1.65. The predicted octanol–water partition coefficient (Wildman–Crippen LogP) is 0.868. The molecule has 0 spiro atoms. The Morgan fingerprint density at radius 2 is 2.50 bits per heavy atom. The number of amides is 1. The summed E-state index contributed by atoms with van der Waals surface area (Å²) in [7, 11) is 0. The molecule has 5 nitrogen and oxygen atoms in total. The van der Waals surface area contributed by atoms with E-state index in [1.807, 2.05) is 4.57 Å². The van der Waals surface area contributed by atoms with Crippen LogP contribution in [0.4, 0.5) is 5.82 Å². The quantitative estimate of drug-likeness (QED) is 0.771. The van der Waals surface area contributed by atoms with Gasteiger partial charge in [0.15, 0.2) is 11.5 Å². The van der Waals surface area contributed by atoms with Gasteiger partial charge in [0.25, 0.3) is 5.91 Å². The van der Waals surface area contributed by atoms with Crippen LogP contribution < -0.4 is 5.73 Å². The van der Waals surface area contributed by atoms with Crippen LogP contribution in [-0.2, 0) is 6.54 Å². The molecule has 1 aromatic heterocycles. The number of aromatic nitrogens is 2. The molecule has 0 radical (unpaired) electrons. The van der Waals surface area contributed by atoms with Crippen LogP contribution in [-0.4, -0.2) is 21.2 Å². The number of rotatable bonds is 3. The molecule has 0 aliphatic carbocycles. The van der Waals surface area contributed by atoms with E-state index in [4.69, 9.17) is 5.73 Å². The van der Waals surface area contributed by atoms with Crippen LogP contribution in [0.1, 0.15) is 30.3 Å². The van der Waals surface area contributed by atoms with Crippen LogP contribution in [0.15, 0.2) is 11.3 Å². The maximum absolute atomic E-state index is 11.0. The largest absolute Gasteiger partial charge is 0.364 e. The van der Waals surface area contributed by atoms with Crippen molar-refractivity contribution in [1.82, 2.24) is 9.55 Å². The average molecular weight is 192 g/mol. The SMILES string of the molecule is CCCC1=Nc2c(C(N)=O)ncn2C1. The summed E-state index contributed by atoms with van der Waals surface area (Å²) < 4.78 is 1.85. The molecule has 5 heteroatoms.